The lowest BCUT2D eigenvalue weighted by Crippen LogP contribution is -2.43. The van der Waals surface area contributed by atoms with Crippen LogP contribution in [0.4, 0.5) is 0 Å². The fourth-order valence-electron chi connectivity index (χ4n) is 3.67. The lowest BCUT2D eigenvalue weighted by Gasteiger charge is -2.37. The second-order valence-electron chi connectivity index (χ2n) is 6.76. The smallest absolute Gasteiger partial charge is 0.0230 e. The Morgan fingerprint density at radius 1 is 1.30 bits per heavy atom. The fraction of sp³-hybridized carbons (Fsp3) is 0.667. The molecule has 0 amide bonds. The predicted octanol–water partition coefficient (Wildman–Crippen LogP) is 3.45. The first-order chi connectivity index (χ1) is 9.58. The van der Waals surface area contributed by atoms with Crippen LogP contribution in [-0.2, 0) is 6.54 Å². The molecular formula is C18H30N2. The van der Waals surface area contributed by atoms with Crippen molar-refractivity contribution in [2.24, 2.45) is 11.8 Å². The number of aryl methyl sites for hydroxylation is 1. The van der Waals surface area contributed by atoms with E-state index in [-0.39, 0.29) is 0 Å². The number of hydrogen-bond donors (Lipinski definition) is 1. The summed E-state index contributed by atoms with van der Waals surface area (Å²) in [5, 5.41) is 3.53. The molecule has 1 aliphatic rings. The topological polar surface area (TPSA) is 15.3 Å². The van der Waals surface area contributed by atoms with E-state index in [1.165, 1.54) is 36.9 Å². The SMILES string of the molecule is CNC1CCC(C)CC1CN(C)Cc1cccc(C)c1. The molecule has 2 rings (SSSR count). The first-order valence-corrected chi connectivity index (χ1v) is 8.00. The Kier molecular flexibility index (Phi) is 5.62. The van der Waals surface area contributed by atoms with Gasteiger partial charge in [0, 0.05) is 19.1 Å². The Bertz CT molecular complexity index is 416. The Hall–Kier alpha value is -0.860. The van der Waals surface area contributed by atoms with Crippen LogP contribution < -0.4 is 5.32 Å². The van der Waals surface area contributed by atoms with Gasteiger partial charge in [0.1, 0.15) is 0 Å². The van der Waals surface area contributed by atoms with E-state index in [1.807, 2.05) is 0 Å². The average molecular weight is 274 g/mol. The van der Waals surface area contributed by atoms with E-state index in [0.29, 0.717) is 6.04 Å². The number of hydrogen-bond acceptors (Lipinski definition) is 2. The van der Waals surface area contributed by atoms with Crippen molar-refractivity contribution in [3.8, 4) is 0 Å². The maximum absolute atomic E-state index is 3.53. The van der Waals surface area contributed by atoms with Crippen molar-refractivity contribution in [3.63, 3.8) is 0 Å². The molecular weight excluding hydrogens is 244 g/mol. The molecule has 0 aromatic heterocycles. The molecule has 1 N–H and O–H groups in total. The van der Waals surface area contributed by atoms with Crippen molar-refractivity contribution in [1.82, 2.24) is 10.2 Å². The highest BCUT2D eigenvalue weighted by Gasteiger charge is 2.28. The van der Waals surface area contributed by atoms with Gasteiger partial charge < -0.3 is 10.2 Å². The van der Waals surface area contributed by atoms with Crippen molar-refractivity contribution in [1.29, 1.82) is 0 Å². The van der Waals surface area contributed by atoms with E-state index in [0.717, 1.165) is 18.4 Å². The molecule has 1 aliphatic carbocycles. The highest BCUT2D eigenvalue weighted by Crippen LogP contribution is 2.29. The van der Waals surface area contributed by atoms with Gasteiger partial charge in [0.05, 0.1) is 0 Å². The van der Waals surface area contributed by atoms with Gasteiger partial charge in [-0.3, -0.25) is 0 Å². The molecule has 112 valence electrons. The lowest BCUT2D eigenvalue weighted by molar-refractivity contribution is 0.162. The Balaban J connectivity index is 1.90. The Morgan fingerprint density at radius 3 is 2.80 bits per heavy atom. The zero-order valence-electron chi connectivity index (χ0n) is 13.5. The third kappa shape index (κ3) is 4.32. The monoisotopic (exact) mass is 274 g/mol. The normalized spacial score (nSPS) is 26.9. The molecule has 2 nitrogen and oxygen atoms in total. The highest BCUT2D eigenvalue weighted by molar-refractivity contribution is 5.22. The third-order valence-electron chi connectivity index (χ3n) is 4.70. The quantitative estimate of drug-likeness (QED) is 0.884. The van der Waals surface area contributed by atoms with Crippen molar-refractivity contribution >= 4 is 0 Å². The molecule has 2 heteroatoms. The summed E-state index contributed by atoms with van der Waals surface area (Å²) in [7, 11) is 4.38. The van der Waals surface area contributed by atoms with E-state index in [2.05, 4.69) is 62.4 Å². The summed E-state index contributed by atoms with van der Waals surface area (Å²) in [6, 6.07) is 9.57. The van der Waals surface area contributed by atoms with Crippen LogP contribution in [0.2, 0.25) is 0 Å². The molecule has 3 unspecified atom stereocenters. The summed E-state index contributed by atoms with van der Waals surface area (Å²) in [4.78, 5) is 2.49. The lowest BCUT2D eigenvalue weighted by atomic mass is 9.78. The van der Waals surface area contributed by atoms with Gasteiger partial charge in [0.15, 0.2) is 0 Å². The summed E-state index contributed by atoms with van der Waals surface area (Å²) in [5.74, 6) is 1.68. The van der Waals surface area contributed by atoms with Crippen LogP contribution in [0.1, 0.15) is 37.3 Å². The minimum Gasteiger partial charge on any atom is -0.317 e. The molecule has 0 heterocycles. The van der Waals surface area contributed by atoms with Crippen LogP contribution in [0, 0.1) is 18.8 Å². The van der Waals surface area contributed by atoms with Crippen LogP contribution in [-0.4, -0.2) is 31.6 Å². The van der Waals surface area contributed by atoms with E-state index >= 15 is 0 Å². The van der Waals surface area contributed by atoms with Gasteiger partial charge in [-0.25, -0.2) is 0 Å². The van der Waals surface area contributed by atoms with Gasteiger partial charge in [-0.05, 0) is 57.7 Å². The fourth-order valence-corrected chi connectivity index (χ4v) is 3.67. The van der Waals surface area contributed by atoms with Gasteiger partial charge in [-0.1, -0.05) is 36.8 Å². The predicted molar refractivity (Wildman–Crippen MR) is 86.9 cm³/mol. The van der Waals surface area contributed by atoms with Gasteiger partial charge >= 0.3 is 0 Å². The minimum atomic E-state index is 0.700. The Morgan fingerprint density at radius 2 is 2.10 bits per heavy atom. The van der Waals surface area contributed by atoms with E-state index in [4.69, 9.17) is 0 Å². The molecule has 1 saturated carbocycles. The molecule has 1 fully saturated rings. The molecule has 20 heavy (non-hydrogen) atoms. The average Bonchev–Trinajstić information content (AvgIpc) is 2.38. The first kappa shape index (κ1) is 15.5. The molecule has 0 spiro atoms. The van der Waals surface area contributed by atoms with Crippen LogP contribution in [0.5, 0.6) is 0 Å². The van der Waals surface area contributed by atoms with Crippen molar-refractivity contribution in [2.75, 3.05) is 20.6 Å². The summed E-state index contributed by atoms with van der Waals surface area (Å²) in [5.41, 5.74) is 2.78. The molecule has 0 aliphatic heterocycles. The molecule has 0 radical (unpaired) electrons. The molecule has 1 aromatic rings. The first-order valence-electron chi connectivity index (χ1n) is 8.00. The van der Waals surface area contributed by atoms with Crippen LogP contribution in [0.3, 0.4) is 0 Å². The molecule has 0 saturated heterocycles. The van der Waals surface area contributed by atoms with Crippen LogP contribution in [0.25, 0.3) is 0 Å². The summed E-state index contributed by atoms with van der Waals surface area (Å²) < 4.78 is 0. The van der Waals surface area contributed by atoms with E-state index in [9.17, 15) is 0 Å². The van der Waals surface area contributed by atoms with Crippen molar-refractivity contribution in [2.45, 2.75) is 45.7 Å². The zero-order valence-corrected chi connectivity index (χ0v) is 13.5. The maximum Gasteiger partial charge on any atom is 0.0230 e. The van der Waals surface area contributed by atoms with E-state index in [1.54, 1.807) is 0 Å². The Labute approximate surface area is 124 Å². The summed E-state index contributed by atoms with van der Waals surface area (Å²) in [6.45, 7) is 6.83. The maximum atomic E-state index is 3.53. The van der Waals surface area contributed by atoms with Gasteiger partial charge in [0.25, 0.3) is 0 Å². The van der Waals surface area contributed by atoms with Gasteiger partial charge in [-0.2, -0.15) is 0 Å². The van der Waals surface area contributed by atoms with Crippen LogP contribution in [0.15, 0.2) is 24.3 Å². The number of benzene rings is 1. The number of rotatable bonds is 5. The largest absolute Gasteiger partial charge is 0.317 e. The summed E-state index contributed by atoms with van der Waals surface area (Å²) >= 11 is 0. The molecule has 1 aromatic carbocycles. The van der Waals surface area contributed by atoms with Crippen LogP contribution >= 0.6 is 0 Å². The molecule has 3 atom stereocenters. The summed E-state index contributed by atoms with van der Waals surface area (Å²) in [6.07, 6.45) is 4.08. The molecule has 0 bridgehead atoms. The second kappa shape index (κ2) is 7.24. The highest BCUT2D eigenvalue weighted by atomic mass is 15.1. The van der Waals surface area contributed by atoms with Gasteiger partial charge in [-0.15, -0.1) is 0 Å². The minimum absolute atomic E-state index is 0.700. The van der Waals surface area contributed by atoms with Crippen molar-refractivity contribution < 1.29 is 0 Å². The zero-order chi connectivity index (χ0) is 14.5. The number of nitrogens with zero attached hydrogens (tertiary/aromatic N) is 1. The third-order valence-corrected chi connectivity index (χ3v) is 4.70. The van der Waals surface area contributed by atoms with Gasteiger partial charge in [0.2, 0.25) is 0 Å². The number of nitrogens with one attached hydrogen (secondary N) is 1. The van der Waals surface area contributed by atoms with E-state index < -0.39 is 0 Å². The van der Waals surface area contributed by atoms with Crippen molar-refractivity contribution in [3.05, 3.63) is 35.4 Å². The second-order valence-corrected chi connectivity index (χ2v) is 6.76. The standard InChI is InChI=1S/C18H30N2/c1-14-6-5-7-16(10-14)12-20(4)13-17-11-15(2)8-9-18(17)19-3/h5-7,10,15,17-19H,8-9,11-13H2,1-4H3.